The molecule has 0 fully saturated rings. The molecule has 1 aromatic carbocycles. The fourth-order valence-electron chi connectivity index (χ4n) is 4.75. The molecule has 0 radical (unpaired) electrons. The van der Waals surface area contributed by atoms with Crippen LogP contribution in [0.1, 0.15) is 82.1 Å². The molecule has 0 amide bonds. The van der Waals surface area contributed by atoms with Crippen LogP contribution in [0.25, 0.3) is 5.57 Å². The van der Waals surface area contributed by atoms with Crippen LogP contribution in [-0.4, -0.2) is 18.2 Å². The molecule has 0 unspecified atom stereocenters. The summed E-state index contributed by atoms with van der Waals surface area (Å²) in [6.07, 6.45) is 6.45. The number of benzene rings is 1. The molecule has 0 saturated heterocycles. The first kappa shape index (κ1) is 19.7. The first-order chi connectivity index (χ1) is 12.6. The summed E-state index contributed by atoms with van der Waals surface area (Å²) < 4.78 is 5.07. The maximum atomic E-state index is 11.8. The van der Waals surface area contributed by atoms with Crippen molar-refractivity contribution in [3.8, 4) is 0 Å². The molecule has 1 N–H and O–H groups in total. The summed E-state index contributed by atoms with van der Waals surface area (Å²) >= 11 is 0. The van der Waals surface area contributed by atoms with E-state index in [0.717, 1.165) is 24.8 Å². The average Bonchev–Trinajstić information content (AvgIpc) is 3.05. The molecule has 2 aliphatic rings. The molecule has 2 aliphatic carbocycles. The van der Waals surface area contributed by atoms with Gasteiger partial charge in [-0.05, 0) is 83.3 Å². The number of carboxylic acid groups (broad SMARTS) is 1. The summed E-state index contributed by atoms with van der Waals surface area (Å²) in [5, 5.41) is 9.66. The van der Waals surface area contributed by atoms with Crippen molar-refractivity contribution >= 4 is 11.5 Å². The molecule has 1 aromatic rings. The zero-order valence-electron chi connectivity index (χ0n) is 17.5. The van der Waals surface area contributed by atoms with Gasteiger partial charge in [0.25, 0.3) is 0 Å². The second-order valence-electron chi connectivity index (χ2n) is 9.36. The second-order valence-corrected chi connectivity index (χ2v) is 9.36. The van der Waals surface area contributed by atoms with Gasteiger partial charge < -0.3 is 9.84 Å². The van der Waals surface area contributed by atoms with Crippen LogP contribution in [0.5, 0.6) is 0 Å². The van der Waals surface area contributed by atoms with Crippen LogP contribution in [-0.2, 0) is 20.4 Å². The lowest BCUT2D eigenvalue weighted by Gasteiger charge is -2.42. The Morgan fingerprint density at radius 2 is 1.67 bits per heavy atom. The maximum Gasteiger partial charge on any atom is 0.339 e. The first-order valence-electron chi connectivity index (χ1n) is 9.93. The number of allylic oxidation sites excluding steroid dienone is 1. The number of rotatable bonds is 4. The van der Waals surface area contributed by atoms with Crippen molar-refractivity contribution in [2.45, 2.75) is 77.6 Å². The normalized spacial score (nSPS) is 21.2. The molecule has 0 spiro atoms. The summed E-state index contributed by atoms with van der Waals surface area (Å²) in [7, 11) is 1.51. The monoisotopic (exact) mass is 368 g/mol. The molecule has 0 bridgehead atoms. The van der Waals surface area contributed by atoms with E-state index in [4.69, 9.17) is 4.74 Å². The standard InChI is InChI=1S/C24H32O3/c1-15-12-20-21(24(4,5)11-10-23(20,2)3)13-18(15)16-8-7-9-17(16)19(14-27-6)22(25)26/h12-14H,7-11H2,1-6H3,(H,25,26)/b19-14+. The predicted octanol–water partition coefficient (Wildman–Crippen LogP) is 5.90. The minimum Gasteiger partial charge on any atom is -0.503 e. The highest BCUT2D eigenvalue weighted by molar-refractivity contribution is 5.96. The number of fused-ring (bicyclic) bond motifs is 1. The molecule has 3 heteroatoms. The van der Waals surface area contributed by atoms with Crippen LogP contribution >= 0.6 is 0 Å². The Balaban J connectivity index is 2.22. The Labute approximate surface area is 163 Å². The van der Waals surface area contributed by atoms with Gasteiger partial charge in [-0.15, -0.1) is 0 Å². The first-order valence-corrected chi connectivity index (χ1v) is 9.93. The quantitative estimate of drug-likeness (QED) is 0.532. The lowest BCUT2D eigenvalue weighted by atomic mass is 9.62. The smallest absolute Gasteiger partial charge is 0.339 e. The largest absolute Gasteiger partial charge is 0.503 e. The van der Waals surface area contributed by atoms with Gasteiger partial charge in [0.05, 0.1) is 18.9 Å². The molecular weight excluding hydrogens is 336 g/mol. The minimum atomic E-state index is -0.914. The Kier molecular flexibility index (Phi) is 5.00. The molecule has 146 valence electrons. The van der Waals surface area contributed by atoms with E-state index in [2.05, 4.69) is 46.8 Å². The van der Waals surface area contributed by atoms with E-state index in [9.17, 15) is 9.90 Å². The zero-order chi connectivity index (χ0) is 20.0. The molecule has 0 saturated carbocycles. The minimum absolute atomic E-state index is 0.143. The van der Waals surface area contributed by atoms with E-state index < -0.39 is 5.97 Å². The van der Waals surface area contributed by atoms with Crippen molar-refractivity contribution in [2.24, 2.45) is 0 Å². The number of methoxy groups -OCH3 is 1. The molecule has 0 aliphatic heterocycles. The number of carboxylic acids is 1. The number of aryl methyl sites for hydroxylation is 1. The van der Waals surface area contributed by atoms with Crippen molar-refractivity contribution in [2.75, 3.05) is 7.11 Å². The third kappa shape index (κ3) is 3.44. The summed E-state index contributed by atoms with van der Waals surface area (Å²) in [6.45, 7) is 11.5. The molecule has 0 heterocycles. The highest BCUT2D eigenvalue weighted by Gasteiger charge is 2.38. The topological polar surface area (TPSA) is 46.5 Å². The van der Waals surface area contributed by atoms with Crippen LogP contribution in [0.3, 0.4) is 0 Å². The number of carbonyl (C=O) groups is 1. The van der Waals surface area contributed by atoms with E-state index in [1.807, 2.05) is 0 Å². The van der Waals surface area contributed by atoms with Crippen molar-refractivity contribution in [1.29, 1.82) is 0 Å². The SMILES string of the molecule is CO/C=C(/C(=O)O)C1=C(c2cc3c(cc2C)C(C)(C)CCC3(C)C)CCC1. The van der Waals surface area contributed by atoms with Crippen LogP contribution < -0.4 is 0 Å². The maximum absolute atomic E-state index is 11.8. The van der Waals surface area contributed by atoms with Gasteiger partial charge in [0.2, 0.25) is 0 Å². The Bertz CT molecular complexity index is 837. The van der Waals surface area contributed by atoms with Gasteiger partial charge in [-0.25, -0.2) is 4.79 Å². The van der Waals surface area contributed by atoms with Crippen LogP contribution in [0.4, 0.5) is 0 Å². The van der Waals surface area contributed by atoms with E-state index in [0.29, 0.717) is 5.57 Å². The van der Waals surface area contributed by atoms with Gasteiger partial charge in [-0.2, -0.15) is 0 Å². The van der Waals surface area contributed by atoms with Crippen molar-refractivity contribution in [3.05, 3.63) is 51.8 Å². The van der Waals surface area contributed by atoms with Crippen LogP contribution in [0.15, 0.2) is 29.5 Å². The lowest BCUT2D eigenvalue weighted by Crippen LogP contribution is -2.34. The Hall–Kier alpha value is -2.03. The average molecular weight is 369 g/mol. The van der Waals surface area contributed by atoms with E-state index in [1.54, 1.807) is 0 Å². The third-order valence-corrected chi connectivity index (χ3v) is 6.53. The van der Waals surface area contributed by atoms with E-state index in [-0.39, 0.29) is 10.8 Å². The fourth-order valence-corrected chi connectivity index (χ4v) is 4.75. The Morgan fingerprint density at radius 1 is 1.07 bits per heavy atom. The van der Waals surface area contributed by atoms with Gasteiger partial charge in [-0.3, -0.25) is 0 Å². The Morgan fingerprint density at radius 3 is 2.22 bits per heavy atom. The van der Waals surface area contributed by atoms with E-state index >= 15 is 0 Å². The van der Waals surface area contributed by atoms with Gasteiger partial charge >= 0.3 is 5.97 Å². The predicted molar refractivity (Wildman–Crippen MR) is 110 cm³/mol. The molecule has 27 heavy (non-hydrogen) atoms. The van der Waals surface area contributed by atoms with Gasteiger partial charge in [0.1, 0.15) is 0 Å². The number of ether oxygens (including phenoxy) is 1. The second kappa shape index (κ2) is 6.85. The van der Waals surface area contributed by atoms with Crippen LogP contribution in [0.2, 0.25) is 0 Å². The number of hydrogen-bond acceptors (Lipinski definition) is 2. The van der Waals surface area contributed by atoms with Crippen molar-refractivity contribution < 1.29 is 14.6 Å². The molecule has 0 aromatic heterocycles. The summed E-state index contributed by atoms with van der Waals surface area (Å²) in [5.74, 6) is -0.914. The lowest BCUT2D eigenvalue weighted by molar-refractivity contribution is -0.132. The third-order valence-electron chi connectivity index (χ3n) is 6.53. The molecule has 0 atom stereocenters. The fraction of sp³-hybridized carbons (Fsp3) is 0.542. The van der Waals surface area contributed by atoms with Crippen molar-refractivity contribution in [3.63, 3.8) is 0 Å². The summed E-state index contributed by atoms with van der Waals surface area (Å²) in [4.78, 5) is 11.8. The molecule has 3 nitrogen and oxygen atoms in total. The van der Waals surface area contributed by atoms with Gasteiger partial charge in [-0.1, -0.05) is 39.8 Å². The van der Waals surface area contributed by atoms with E-state index in [1.165, 1.54) is 54.0 Å². The van der Waals surface area contributed by atoms with Crippen LogP contribution in [0, 0.1) is 6.92 Å². The summed E-state index contributed by atoms with van der Waals surface area (Å²) in [6, 6.07) is 4.72. The van der Waals surface area contributed by atoms with Crippen molar-refractivity contribution in [1.82, 2.24) is 0 Å². The number of hydrogen-bond donors (Lipinski definition) is 1. The van der Waals surface area contributed by atoms with Gasteiger partial charge in [0.15, 0.2) is 0 Å². The highest BCUT2D eigenvalue weighted by Crippen LogP contribution is 2.48. The molecule has 3 rings (SSSR count). The highest BCUT2D eigenvalue weighted by atomic mass is 16.5. The molecular formula is C24H32O3. The zero-order valence-corrected chi connectivity index (χ0v) is 17.5. The van der Waals surface area contributed by atoms with Gasteiger partial charge in [0, 0.05) is 0 Å². The summed E-state index contributed by atoms with van der Waals surface area (Å²) in [5.41, 5.74) is 8.07. The number of aliphatic carboxylic acids is 1.